The van der Waals surface area contributed by atoms with Crippen molar-refractivity contribution >= 4 is 17.9 Å². The average molecular weight is 303 g/mol. The van der Waals surface area contributed by atoms with Crippen LogP contribution in [0.4, 0.5) is 5.69 Å². The van der Waals surface area contributed by atoms with E-state index in [0.717, 1.165) is 12.7 Å². The quantitative estimate of drug-likeness (QED) is 0.768. The van der Waals surface area contributed by atoms with E-state index in [9.17, 15) is 9.59 Å². The van der Waals surface area contributed by atoms with E-state index in [-0.39, 0.29) is 5.91 Å². The monoisotopic (exact) mass is 303 g/mol. The molecule has 0 aromatic heterocycles. The molecule has 0 bridgehead atoms. The summed E-state index contributed by atoms with van der Waals surface area (Å²) in [5.74, 6) is 1.29. The molecular weight excluding hydrogens is 278 g/mol. The molecule has 0 saturated heterocycles. The summed E-state index contributed by atoms with van der Waals surface area (Å²) >= 11 is 0. The van der Waals surface area contributed by atoms with Crippen LogP contribution in [0.2, 0.25) is 0 Å². The van der Waals surface area contributed by atoms with Crippen LogP contribution in [0.3, 0.4) is 0 Å². The number of hydrogen-bond acceptors (Lipinski definition) is 3. The zero-order valence-corrected chi connectivity index (χ0v) is 13.3. The predicted octanol–water partition coefficient (Wildman–Crippen LogP) is 4.20. The van der Waals surface area contributed by atoms with Gasteiger partial charge in [0, 0.05) is 12.0 Å². The van der Waals surface area contributed by atoms with E-state index < -0.39 is 0 Å². The highest BCUT2D eigenvalue weighted by Crippen LogP contribution is 2.29. The number of amides is 1. The van der Waals surface area contributed by atoms with E-state index in [0.29, 0.717) is 35.9 Å². The molecule has 1 aromatic rings. The Morgan fingerprint density at radius 3 is 2.77 bits per heavy atom. The van der Waals surface area contributed by atoms with Gasteiger partial charge in [0.25, 0.3) is 0 Å². The highest BCUT2D eigenvalue weighted by molar-refractivity contribution is 5.93. The number of benzene rings is 1. The van der Waals surface area contributed by atoms with Crippen LogP contribution in [0.15, 0.2) is 18.2 Å². The third-order valence-electron chi connectivity index (χ3n) is 4.22. The van der Waals surface area contributed by atoms with Crippen molar-refractivity contribution in [3.05, 3.63) is 23.8 Å². The van der Waals surface area contributed by atoms with Gasteiger partial charge in [-0.1, -0.05) is 32.1 Å². The standard InChI is InChI=1S/C18H25NO3/c1-2-22-17-10-8-15(13-20)12-16(17)19-18(21)11-9-14-6-4-3-5-7-14/h8,10,12-14H,2-7,9,11H2,1H3,(H,19,21). The number of ether oxygens (including phenoxy) is 1. The summed E-state index contributed by atoms with van der Waals surface area (Å²) in [6.45, 7) is 2.41. The largest absolute Gasteiger partial charge is 0.492 e. The Balaban J connectivity index is 1.92. The van der Waals surface area contributed by atoms with Gasteiger partial charge in [-0.3, -0.25) is 9.59 Å². The Kier molecular flexibility index (Phi) is 6.44. The van der Waals surface area contributed by atoms with Crippen molar-refractivity contribution in [3.63, 3.8) is 0 Å². The summed E-state index contributed by atoms with van der Waals surface area (Å²) in [7, 11) is 0. The fourth-order valence-electron chi connectivity index (χ4n) is 3.02. The van der Waals surface area contributed by atoms with Crippen molar-refractivity contribution in [1.29, 1.82) is 0 Å². The Hall–Kier alpha value is -1.84. The molecule has 2 rings (SSSR count). The van der Waals surface area contributed by atoms with Crippen LogP contribution < -0.4 is 10.1 Å². The van der Waals surface area contributed by atoms with Crippen molar-refractivity contribution in [2.45, 2.75) is 51.9 Å². The number of carbonyl (C=O) groups is 2. The first-order valence-electron chi connectivity index (χ1n) is 8.24. The zero-order chi connectivity index (χ0) is 15.8. The number of anilines is 1. The second kappa shape index (κ2) is 8.57. The van der Waals surface area contributed by atoms with E-state index in [1.807, 2.05) is 6.92 Å². The molecule has 0 radical (unpaired) electrons. The van der Waals surface area contributed by atoms with Crippen LogP contribution in [-0.2, 0) is 4.79 Å². The average Bonchev–Trinajstić information content (AvgIpc) is 2.55. The first kappa shape index (κ1) is 16.5. The fourth-order valence-corrected chi connectivity index (χ4v) is 3.02. The van der Waals surface area contributed by atoms with Crippen molar-refractivity contribution in [2.24, 2.45) is 5.92 Å². The third kappa shape index (κ3) is 4.86. The lowest BCUT2D eigenvalue weighted by Crippen LogP contribution is -2.15. The molecule has 1 amide bonds. The van der Waals surface area contributed by atoms with Crippen LogP contribution in [0, 0.1) is 5.92 Å². The fraction of sp³-hybridized carbons (Fsp3) is 0.556. The van der Waals surface area contributed by atoms with Gasteiger partial charge >= 0.3 is 0 Å². The molecule has 0 aliphatic heterocycles. The zero-order valence-electron chi connectivity index (χ0n) is 13.3. The van der Waals surface area contributed by atoms with Gasteiger partial charge in [0.15, 0.2) is 0 Å². The van der Waals surface area contributed by atoms with Gasteiger partial charge in [0.2, 0.25) is 5.91 Å². The summed E-state index contributed by atoms with van der Waals surface area (Å²) in [5.41, 5.74) is 1.12. The number of aldehydes is 1. The number of rotatable bonds is 7. The van der Waals surface area contributed by atoms with E-state index >= 15 is 0 Å². The van der Waals surface area contributed by atoms with E-state index in [1.165, 1.54) is 32.1 Å². The summed E-state index contributed by atoms with van der Waals surface area (Å²) < 4.78 is 5.50. The summed E-state index contributed by atoms with van der Waals surface area (Å²) in [5, 5.41) is 2.89. The van der Waals surface area contributed by atoms with E-state index in [4.69, 9.17) is 4.74 Å². The molecule has 1 aliphatic rings. The molecule has 0 spiro atoms. The van der Waals surface area contributed by atoms with Gasteiger partial charge in [0.1, 0.15) is 12.0 Å². The Morgan fingerprint density at radius 1 is 1.32 bits per heavy atom. The molecule has 4 heteroatoms. The van der Waals surface area contributed by atoms with E-state index in [2.05, 4.69) is 5.32 Å². The lowest BCUT2D eigenvalue weighted by atomic mass is 9.86. The maximum atomic E-state index is 12.2. The molecule has 120 valence electrons. The molecule has 1 aromatic carbocycles. The van der Waals surface area contributed by atoms with Crippen molar-refractivity contribution in [3.8, 4) is 5.75 Å². The molecule has 4 nitrogen and oxygen atoms in total. The van der Waals surface area contributed by atoms with Crippen molar-refractivity contribution in [2.75, 3.05) is 11.9 Å². The summed E-state index contributed by atoms with van der Waals surface area (Å²) in [6, 6.07) is 5.08. The minimum Gasteiger partial charge on any atom is -0.492 e. The molecule has 1 aliphatic carbocycles. The van der Waals surface area contributed by atoms with Gasteiger partial charge in [-0.05, 0) is 37.5 Å². The maximum absolute atomic E-state index is 12.2. The molecule has 0 atom stereocenters. The van der Waals surface area contributed by atoms with Gasteiger partial charge in [-0.25, -0.2) is 0 Å². The lowest BCUT2D eigenvalue weighted by Gasteiger charge is -2.21. The molecular formula is C18H25NO3. The molecule has 1 fully saturated rings. The molecule has 1 N–H and O–H groups in total. The van der Waals surface area contributed by atoms with Crippen LogP contribution in [-0.4, -0.2) is 18.8 Å². The highest BCUT2D eigenvalue weighted by Gasteiger charge is 2.15. The third-order valence-corrected chi connectivity index (χ3v) is 4.22. The van der Waals surface area contributed by atoms with Gasteiger partial charge < -0.3 is 10.1 Å². The smallest absolute Gasteiger partial charge is 0.224 e. The lowest BCUT2D eigenvalue weighted by molar-refractivity contribution is -0.116. The van der Waals surface area contributed by atoms with Gasteiger partial charge in [-0.15, -0.1) is 0 Å². The first-order valence-corrected chi connectivity index (χ1v) is 8.24. The van der Waals surface area contributed by atoms with Crippen molar-refractivity contribution in [1.82, 2.24) is 0 Å². The van der Waals surface area contributed by atoms with Gasteiger partial charge in [0.05, 0.1) is 12.3 Å². The van der Waals surface area contributed by atoms with Gasteiger partial charge in [-0.2, -0.15) is 0 Å². The van der Waals surface area contributed by atoms with Crippen LogP contribution in [0.25, 0.3) is 0 Å². The first-order chi connectivity index (χ1) is 10.7. The number of carbonyl (C=O) groups excluding carboxylic acids is 2. The summed E-state index contributed by atoms with van der Waals surface area (Å²) in [6.07, 6.45) is 8.66. The number of hydrogen-bond donors (Lipinski definition) is 1. The number of nitrogens with one attached hydrogen (secondary N) is 1. The Labute approximate surface area is 132 Å². The van der Waals surface area contributed by atoms with E-state index in [1.54, 1.807) is 18.2 Å². The second-order valence-corrected chi connectivity index (χ2v) is 5.90. The molecule has 22 heavy (non-hydrogen) atoms. The minimum absolute atomic E-state index is 0.00502. The predicted molar refractivity (Wildman–Crippen MR) is 87.4 cm³/mol. The molecule has 0 unspecified atom stereocenters. The SMILES string of the molecule is CCOc1ccc(C=O)cc1NC(=O)CCC1CCCCC1. The van der Waals surface area contributed by atoms with Crippen molar-refractivity contribution < 1.29 is 14.3 Å². The topological polar surface area (TPSA) is 55.4 Å². The normalized spacial score (nSPS) is 15.3. The molecule has 1 saturated carbocycles. The second-order valence-electron chi connectivity index (χ2n) is 5.90. The van der Waals surface area contributed by atoms with Crippen LogP contribution >= 0.6 is 0 Å². The van der Waals surface area contributed by atoms with Crippen LogP contribution in [0.1, 0.15) is 62.2 Å². The summed E-state index contributed by atoms with van der Waals surface area (Å²) in [4.78, 5) is 23.0. The maximum Gasteiger partial charge on any atom is 0.224 e. The Bertz CT molecular complexity index is 507. The highest BCUT2D eigenvalue weighted by atomic mass is 16.5. The Morgan fingerprint density at radius 2 is 2.09 bits per heavy atom. The minimum atomic E-state index is -0.00502. The molecule has 0 heterocycles. The van der Waals surface area contributed by atoms with Crippen LogP contribution in [0.5, 0.6) is 5.75 Å².